The average molecular weight is 256 g/mol. The van der Waals surface area contributed by atoms with Gasteiger partial charge in [-0.15, -0.1) is 0 Å². The molecule has 0 radical (unpaired) electrons. The van der Waals surface area contributed by atoms with Crippen molar-refractivity contribution in [2.75, 3.05) is 11.4 Å². The predicted octanol–water partition coefficient (Wildman–Crippen LogP) is 3.25. The molecule has 0 aliphatic carbocycles. The van der Waals surface area contributed by atoms with E-state index in [0.717, 1.165) is 18.1 Å². The summed E-state index contributed by atoms with van der Waals surface area (Å²) in [5, 5.41) is 9.70. The highest BCUT2D eigenvalue weighted by Crippen LogP contribution is 2.24. The highest BCUT2D eigenvalue weighted by Gasteiger charge is 2.16. The van der Waals surface area contributed by atoms with E-state index in [9.17, 15) is 4.79 Å². The summed E-state index contributed by atoms with van der Waals surface area (Å²) in [5.74, 6) is -0.897. The molecule has 0 bridgehead atoms. The Morgan fingerprint density at radius 1 is 1.53 bits per heavy atom. The Morgan fingerprint density at radius 3 is 2.71 bits per heavy atom. The second-order valence-electron chi connectivity index (χ2n) is 4.31. The van der Waals surface area contributed by atoms with Crippen LogP contribution >= 0.6 is 11.3 Å². The molecule has 0 amide bonds. The molecule has 4 nitrogen and oxygen atoms in total. The number of unbranched alkanes of at least 4 members (excludes halogenated alkanes) is 2. The lowest BCUT2D eigenvalue weighted by molar-refractivity contribution is 0.0702. The summed E-state index contributed by atoms with van der Waals surface area (Å²) in [7, 11) is 0. The van der Waals surface area contributed by atoms with E-state index in [0.29, 0.717) is 10.9 Å². The molecule has 96 valence electrons. The van der Waals surface area contributed by atoms with E-state index in [1.807, 2.05) is 0 Å². The van der Waals surface area contributed by atoms with Gasteiger partial charge in [-0.1, -0.05) is 31.1 Å². The number of carboxylic acids is 1. The number of rotatable bonds is 7. The predicted molar refractivity (Wildman–Crippen MR) is 71.1 cm³/mol. The van der Waals surface area contributed by atoms with Gasteiger partial charge in [0.05, 0.1) is 6.20 Å². The monoisotopic (exact) mass is 256 g/mol. The van der Waals surface area contributed by atoms with Crippen LogP contribution in [0.2, 0.25) is 0 Å². The van der Waals surface area contributed by atoms with E-state index in [-0.39, 0.29) is 0 Å². The van der Waals surface area contributed by atoms with E-state index in [1.54, 1.807) is 0 Å². The fourth-order valence-corrected chi connectivity index (χ4v) is 2.52. The van der Waals surface area contributed by atoms with Gasteiger partial charge >= 0.3 is 5.97 Å². The first-order valence-corrected chi connectivity index (χ1v) is 6.83. The Morgan fingerprint density at radius 2 is 2.24 bits per heavy atom. The van der Waals surface area contributed by atoms with Crippen LogP contribution in [-0.4, -0.2) is 28.6 Å². The molecule has 17 heavy (non-hydrogen) atoms. The van der Waals surface area contributed by atoms with E-state index in [1.165, 1.54) is 30.4 Å². The lowest BCUT2D eigenvalue weighted by Crippen LogP contribution is -2.31. The SMILES string of the molecule is CCCCCN(c1ncc(C(=O)O)s1)C(C)C. The zero-order valence-electron chi connectivity index (χ0n) is 10.6. The van der Waals surface area contributed by atoms with Crippen molar-refractivity contribution >= 4 is 22.4 Å². The van der Waals surface area contributed by atoms with Crippen LogP contribution in [0, 0.1) is 0 Å². The first-order chi connectivity index (χ1) is 8.06. The number of carbonyl (C=O) groups is 1. The summed E-state index contributed by atoms with van der Waals surface area (Å²) < 4.78 is 0. The Kier molecular flexibility index (Phi) is 5.41. The van der Waals surface area contributed by atoms with Gasteiger partial charge in [0.1, 0.15) is 4.88 Å². The van der Waals surface area contributed by atoms with Crippen molar-refractivity contribution in [3.05, 3.63) is 11.1 Å². The minimum absolute atomic E-state index is 0.307. The molecule has 0 saturated heterocycles. The van der Waals surface area contributed by atoms with Crippen molar-refractivity contribution in [2.45, 2.75) is 46.1 Å². The molecule has 0 spiro atoms. The molecular formula is C12H20N2O2S. The summed E-state index contributed by atoms with van der Waals surface area (Å²) in [6.07, 6.45) is 4.94. The molecule has 0 atom stereocenters. The highest BCUT2D eigenvalue weighted by atomic mass is 32.1. The lowest BCUT2D eigenvalue weighted by atomic mass is 10.2. The van der Waals surface area contributed by atoms with Crippen molar-refractivity contribution in [3.63, 3.8) is 0 Å². The highest BCUT2D eigenvalue weighted by molar-refractivity contribution is 7.17. The summed E-state index contributed by atoms with van der Waals surface area (Å²) >= 11 is 1.25. The van der Waals surface area contributed by atoms with Gasteiger partial charge in [-0.3, -0.25) is 0 Å². The number of anilines is 1. The van der Waals surface area contributed by atoms with Crippen molar-refractivity contribution in [1.29, 1.82) is 0 Å². The van der Waals surface area contributed by atoms with Gasteiger partial charge in [-0.05, 0) is 20.3 Å². The summed E-state index contributed by atoms with van der Waals surface area (Å²) in [5.41, 5.74) is 0. The maximum atomic E-state index is 10.8. The first-order valence-electron chi connectivity index (χ1n) is 6.02. The lowest BCUT2D eigenvalue weighted by Gasteiger charge is -2.25. The molecule has 1 rings (SSSR count). The summed E-state index contributed by atoms with van der Waals surface area (Å²) in [6.45, 7) is 7.32. The molecular weight excluding hydrogens is 236 g/mol. The summed E-state index contributed by atoms with van der Waals surface area (Å²) in [6, 6.07) is 0.347. The molecule has 0 aromatic carbocycles. The molecule has 1 N–H and O–H groups in total. The van der Waals surface area contributed by atoms with Gasteiger partial charge in [-0.25, -0.2) is 9.78 Å². The van der Waals surface area contributed by atoms with E-state index >= 15 is 0 Å². The third kappa shape index (κ3) is 4.00. The number of nitrogens with zero attached hydrogens (tertiary/aromatic N) is 2. The molecule has 1 heterocycles. The zero-order chi connectivity index (χ0) is 12.8. The maximum Gasteiger partial charge on any atom is 0.347 e. The quantitative estimate of drug-likeness (QED) is 0.761. The van der Waals surface area contributed by atoms with Crippen LogP contribution in [-0.2, 0) is 0 Å². The number of hydrogen-bond acceptors (Lipinski definition) is 4. The molecule has 0 aliphatic rings. The molecule has 0 unspecified atom stereocenters. The summed E-state index contributed by atoms with van der Waals surface area (Å²) in [4.78, 5) is 17.5. The van der Waals surface area contributed by atoms with Gasteiger partial charge < -0.3 is 10.0 Å². The smallest absolute Gasteiger partial charge is 0.347 e. The minimum Gasteiger partial charge on any atom is -0.477 e. The largest absolute Gasteiger partial charge is 0.477 e. The van der Waals surface area contributed by atoms with Gasteiger partial charge in [0.25, 0.3) is 0 Å². The third-order valence-corrected chi connectivity index (χ3v) is 3.60. The number of thiazole rings is 1. The topological polar surface area (TPSA) is 53.4 Å². The van der Waals surface area contributed by atoms with Crippen LogP contribution in [0.5, 0.6) is 0 Å². The minimum atomic E-state index is -0.897. The second kappa shape index (κ2) is 6.59. The Hall–Kier alpha value is -1.10. The Bertz CT molecular complexity index is 363. The van der Waals surface area contributed by atoms with Crippen LogP contribution in [0.15, 0.2) is 6.20 Å². The van der Waals surface area contributed by atoms with Crippen molar-refractivity contribution in [3.8, 4) is 0 Å². The van der Waals surface area contributed by atoms with E-state index < -0.39 is 5.97 Å². The van der Waals surface area contributed by atoms with E-state index in [4.69, 9.17) is 5.11 Å². The number of aromatic carboxylic acids is 1. The molecule has 0 saturated carbocycles. The third-order valence-electron chi connectivity index (χ3n) is 2.58. The zero-order valence-corrected chi connectivity index (χ0v) is 11.5. The van der Waals surface area contributed by atoms with Crippen LogP contribution in [0.3, 0.4) is 0 Å². The fraction of sp³-hybridized carbons (Fsp3) is 0.667. The van der Waals surface area contributed by atoms with Crippen molar-refractivity contribution < 1.29 is 9.90 Å². The van der Waals surface area contributed by atoms with Crippen molar-refractivity contribution in [2.24, 2.45) is 0 Å². The Balaban J connectivity index is 2.71. The molecule has 1 aromatic rings. The standard InChI is InChI=1S/C12H20N2O2S/c1-4-5-6-7-14(9(2)3)12-13-8-10(17-12)11(15)16/h8-9H,4-7H2,1-3H3,(H,15,16). The number of aromatic nitrogens is 1. The molecule has 5 heteroatoms. The molecule has 0 fully saturated rings. The average Bonchev–Trinajstić information content (AvgIpc) is 2.73. The van der Waals surface area contributed by atoms with Gasteiger partial charge in [0.15, 0.2) is 5.13 Å². The first kappa shape index (κ1) is 14.0. The number of carboxylic acid groups (broad SMARTS) is 1. The molecule has 1 aromatic heterocycles. The second-order valence-corrected chi connectivity index (χ2v) is 5.32. The van der Waals surface area contributed by atoms with E-state index in [2.05, 4.69) is 30.7 Å². The van der Waals surface area contributed by atoms with Crippen LogP contribution in [0.25, 0.3) is 0 Å². The molecule has 0 aliphatic heterocycles. The van der Waals surface area contributed by atoms with Crippen LogP contribution in [0.4, 0.5) is 5.13 Å². The maximum absolute atomic E-state index is 10.8. The number of hydrogen-bond donors (Lipinski definition) is 1. The van der Waals surface area contributed by atoms with Crippen LogP contribution in [0.1, 0.15) is 49.7 Å². The van der Waals surface area contributed by atoms with Gasteiger partial charge in [0.2, 0.25) is 0 Å². The fourth-order valence-electron chi connectivity index (χ4n) is 1.60. The Labute approximate surface area is 106 Å². The normalized spacial score (nSPS) is 10.8. The van der Waals surface area contributed by atoms with Crippen molar-refractivity contribution in [1.82, 2.24) is 4.98 Å². The van der Waals surface area contributed by atoms with Crippen LogP contribution < -0.4 is 4.90 Å². The van der Waals surface area contributed by atoms with Gasteiger partial charge in [-0.2, -0.15) is 0 Å². The van der Waals surface area contributed by atoms with Gasteiger partial charge in [0, 0.05) is 12.6 Å².